The Balaban J connectivity index is 1.86. The van der Waals surface area contributed by atoms with Crippen LogP contribution in [0.3, 0.4) is 0 Å². The van der Waals surface area contributed by atoms with E-state index in [2.05, 4.69) is 26.1 Å². The predicted molar refractivity (Wildman–Crippen MR) is 68.5 cm³/mol. The molecule has 0 spiro atoms. The maximum absolute atomic E-state index is 4.81. The molecule has 1 saturated heterocycles. The van der Waals surface area contributed by atoms with E-state index in [9.17, 15) is 0 Å². The molecule has 2 rings (SSSR count). The minimum atomic E-state index is 0.249. The molecular weight excluding hydrogens is 204 g/mol. The first kappa shape index (κ1) is 11.3. The number of rotatable bonds is 3. The van der Waals surface area contributed by atoms with Gasteiger partial charge in [0.15, 0.2) is 5.17 Å². The number of aliphatic imine (C=N–C) groups is 1. The monoisotopic (exact) mass is 226 g/mol. The molecule has 2 fully saturated rings. The van der Waals surface area contributed by atoms with Crippen LogP contribution in [0, 0.1) is 5.92 Å². The van der Waals surface area contributed by atoms with Crippen molar-refractivity contribution in [3.8, 4) is 0 Å². The molecule has 0 amide bonds. The van der Waals surface area contributed by atoms with Crippen LogP contribution in [-0.4, -0.2) is 22.5 Å². The Kier molecular flexibility index (Phi) is 3.29. The minimum Gasteiger partial charge on any atom is -0.360 e. The standard InChI is InChI=1S/C12H22N2S/c1-4-5-9-8-10(9)13-11-14-12(2,3)6-7-15-11/h9-10H,4-8H2,1-3H3,(H,13,14). The second kappa shape index (κ2) is 4.36. The third-order valence-corrected chi connectivity index (χ3v) is 4.13. The number of hydrogen-bond acceptors (Lipinski definition) is 2. The molecule has 86 valence electrons. The van der Waals surface area contributed by atoms with Crippen molar-refractivity contribution in [3.05, 3.63) is 0 Å². The molecule has 1 N–H and O–H groups in total. The van der Waals surface area contributed by atoms with E-state index in [0.29, 0.717) is 6.04 Å². The van der Waals surface area contributed by atoms with Gasteiger partial charge in [0.25, 0.3) is 0 Å². The second-order valence-electron chi connectivity index (χ2n) is 5.39. The molecule has 0 aromatic rings. The number of nitrogens with one attached hydrogen (secondary N) is 1. The molecule has 0 aromatic heterocycles. The Morgan fingerprint density at radius 1 is 1.53 bits per heavy atom. The molecule has 0 bridgehead atoms. The van der Waals surface area contributed by atoms with Crippen molar-refractivity contribution in [2.45, 2.75) is 58.0 Å². The first-order chi connectivity index (χ1) is 7.11. The van der Waals surface area contributed by atoms with Crippen LogP contribution in [0.2, 0.25) is 0 Å². The lowest BCUT2D eigenvalue weighted by atomic mass is 10.0. The van der Waals surface area contributed by atoms with E-state index in [-0.39, 0.29) is 5.54 Å². The Labute approximate surface area is 97.3 Å². The summed E-state index contributed by atoms with van der Waals surface area (Å²) in [7, 11) is 0. The van der Waals surface area contributed by atoms with Crippen molar-refractivity contribution in [2.24, 2.45) is 10.9 Å². The summed E-state index contributed by atoms with van der Waals surface area (Å²) in [5, 5.41) is 4.73. The van der Waals surface area contributed by atoms with Crippen LogP contribution < -0.4 is 5.32 Å². The number of nitrogens with zero attached hydrogens (tertiary/aromatic N) is 1. The summed E-state index contributed by atoms with van der Waals surface area (Å²) in [4.78, 5) is 4.81. The summed E-state index contributed by atoms with van der Waals surface area (Å²) in [6.45, 7) is 6.79. The van der Waals surface area contributed by atoms with Gasteiger partial charge in [0.05, 0.1) is 6.04 Å². The van der Waals surface area contributed by atoms with Gasteiger partial charge in [-0.3, -0.25) is 4.99 Å². The number of thioether (sulfide) groups is 1. The third-order valence-electron chi connectivity index (χ3n) is 3.24. The molecule has 2 nitrogen and oxygen atoms in total. The van der Waals surface area contributed by atoms with Gasteiger partial charge in [-0.15, -0.1) is 0 Å². The average Bonchev–Trinajstić information content (AvgIpc) is 2.82. The van der Waals surface area contributed by atoms with Gasteiger partial charge < -0.3 is 5.32 Å². The van der Waals surface area contributed by atoms with Crippen LogP contribution in [0.5, 0.6) is 0 Å². The quantitative estimate of drug-likeness (QED) is 0.800. The van der Waals surface area contributed by atoms with Crippen LogP contribution in [0.15, 0.2) is 4.99 Å². The van der Waals surface area contributed by atoms with Gasteiger partial charge in [-0.05, 0) is 39.0 Å². The van der Waals surface area contributed by atoms with Gasteiger partial charge in [-0.1, -0.05) is 25.1 Å². The van der Waals surface area contributed by atoms with E-state index in [4.69, 9.17) is 4.99 Å². The highest BCUT2D eigenvalue weighted by Gasteiger charge is 2.37. The summed E-state index contributed by atoms with van der Waals surface area (Å²) in [6.07, 6.45) is 5.22. The molecule has 1 heterocycles. The Morgan fingerprint density at radius 2 is 2.33 bits per heavy atom. The van der Waals surface area contributed by atoms with Gasteiger partial charge >= 0.3 is 0 Å². The van der Waals surface area contributed by atoms with Crippen molar-refractivity contribution in [3.63, 3.8) is 0 Å². The molecule has 2 aliphatic rings. The highest BCUT2D eigenvalue weighted by molar-refractivity contribution is 8.13. The van der Waals surface area contributed by atoms with Crippen LogP contribution >= 0.6 is 11.8 Å². The van der Waals surface area contributed by atoms with Gasteiger partial charge in [-0.2, -0.15) is 0 Å². The summed E-state index contributed by atoms with van der Waals surface area (Å²) < 4.78 is 0. The van der Waals surface area contributed by atoms with E-state index >= 15 is 0 Å². The average molecular weight is 226 g/mol. The zero-order chi connectivity index (χ0) is 10.9. The molecule has 2 unspecified atom stereocenters. The Hall–Kier alpha value is -0.180. The maximum atomic E-state index is 4.81. The van der Waals surface area contributed by atoms with E-state index in [1.807, 2.05) is 11.8 Å². The third kappa shape index (κ3) is 3.13. The molecule has 0 radical (unpaired) electrons. The fourth-order valence-corrected chi connectivity index (χ4v) is 3.45. The molecule has 1 saturated carbocycles. The van der Waals surface area contributed by atoms with Crippen molar-refractivity contribution in [2.75, 3.05) is 5.75 Å². The van der Waals surface area contributed by atoms with E-state index in [0.717, 1.165) is 5.92 Å². The Bertz CT molecular complexity index is 260. The SMILES string of the molecule is CCCC1CC1N=C1NC(C)(C)CCS1. The maximum Gasteiger partial charge on any atom is 0.157 e. The molecule has 15 heavy (non-hydrogen) atoms. The summed E-state index contributed by atoms with van der Waals surface area (Å²) in [6, 6.07) is 0.633. The van der Waals surface area contributed by atoms with Gasteiger partial charge in [0.2, 0.25) is 0 Å². The Morgan fingerprint density at radius 3 is 3.00 bits per heavy atom. The summed E-state index contributed by atoms with van der Waals surface area (Å²) in [5.74, 6) is 2.10. The van der Waals surface area contributed by atoms with Crippen molar-refractivity contribution in [1.29, 1.82) is 0 Å². The van der Waals surface area contributed by atoms with E-state index < -0.39 is 0 Å². The van der Waals surface area contributed by atoms with Gasteiger partial charge in [0, 0.05) is 11.3 Å². The topological polar surface area (TPSA) is 24.4 Å². The lowest BCUT2D eigenvalue weighted by Gasteiger charge is -2.32. The smallest absolute Gasteiger partial charge is 0.157 e. The lowest BCUT2D eigenvalue weighted by molar-refractivity contribution is 0.446. The fraction of sp³-hybridized carbons (Fsp3) is 0.917. The largest absolute Gasteiger partial charge is 0.360 e. The fourth-order valence-electron chi connectivity index (χ4n) is 2.08. The first-order valence-corrected chi connectivity index (χ1v) is 7.08. The van der Waals surface area contributed by atoms with Crippen molar-refractivity contribution >= 4 is 16.9 Å². The normalized spacial score (nSPS) is 36.3. The minimum absolute atomic E-state index is 0.249. The molecule has 2 atom stereocenters. The number of hydrogen-bond donors (Lipinski definition) is 1. The second-order valence-corrected chi connectivity index (χ2v) is 6.48. The van der Waals surface area contributed by atoms with Crippen LogP contribution in [0.1, 0.15) is 46.5 Å². The van der Waals surface area contributed by atoms with Crippen molar-refractivity contribution < 1.29 is 0 Å². The zero-order valence-corrected chi connectivity index (χ0v) is 10.9. The van der Waals surface area contributed by atoms with E-state index in [1.54, 1.807) is 0 Å². The summed E-state index contributed by atoms with van der Waals surface area (Å²) in [5.41, 5.74) is 0.249. The van der Waals surface area contributed by atoms with Crippen LogP contribution in [-0.2, 0) is 0 Å². The summed E-state index contributed by atoms with van der Waals surface area (Å²) >= 11 is 1.89. The highest BCUT2D eigenvalue weighted by Crippen LogP contribution is 2.38. The number of amidine groups is 1. The molecule has 1 aliphatic carbocycles. The van der Waals surface area contributed by atoms with Crippen LogP contribution in [0.25, 0.3) is 0 Å². The van der Waals surface area contributed by atoms with E-state index in [1.165, 1.54) is 36.6 Å². The highest BCUT2D eigenvalue weighted by atomic mass is 32.2. The molecule has 0 aromatic carbocycles. The van der Waals surface area contributed by atoms with Gasteiger partial charge in [0.1, 0.15) is 0 Å². The zero-order valence-electron chi connectivity index (χ0n) is 10.0. The first-order valence-electron chi connectivity index (χ1n) is 6.09. The van der Waals surface area contributed by atoms with Gasteiger partial charge in [-0.25, -0.2) is 0 Å². The molecule has 3 heteroatoms. The molecular formula is C12H22N2S. The van der Waals surface area contributed by atoms with Crippen molar-refractivity contribution in [1.82, 2.24) is 5.32 Å². The van der Waals surface area contributed by atoms with Crippen LogP contribution in [0.4, 0.5) is 0 Å². The predicted octanol–water partition coefficient (Wildman–Crippen LogP) is 3.04. The lowest BCUT2D eigenvalue weighted by Crippen LogP contribution is -2.46. The molecule has 1 aliphatic heterocycles.